The van der Waals surface area contributed by atoms with Gasteiger partial charge in [-0.05, 0) is 40.4 Å². The van der Waals surface area contributed by atoms with Crippen molar-refractivity contribution in [1.82, 2.24) is 0 Å². The van der Waals surface area contributed by atoms with Gasteiger partial charge in [-0.2, -0.15) is 5.26 Å². The van der Waals surface area contributed by atoms with Gasteiger partial charge in [0.15, 0.2) is 6.61 Å². The maximum absolute atomic E-state index is 8.52. The van der Waals surface area contributed by atoms with E-state index < -0.39 is 0 Å². The van der Waals surface area contributed by atoms with E-state index in [4.69, 9.17) is 15.7 Å². The van der Waals surface area contributed by atoms with E-state index in [1.807, 2.05) is 24.3 Å². The Morgan fingerprint density at radius 3 is 2.94 bits per heavy atom. The Balaban J connectivity index is 2.89. The van der Waals surface area contributed by atoms with Gasteiger partial charge in [0, 0.05) is 6.04 Å². The third-order valence-corrected chi connectivity index (χ3v) is 2.96. The van der Waals surface area contributed by atoms with E-state index in [9.17, 15) is 0 Å². The first kappa shape index (κ1) is 13.0. The number of halogens is 1. The van der Waals surface area contributed by atoms with Gasteiger partial charge in [-0.3, -0.25) is 0 Å². The molecule has 0 aliphatic heterocycles. The van der Waals surface area contributed by atoms with E-state index in [1.165, 1.54) is 0 Å². The van der Waals surface area contributed by atoms with Gasteiger partial charge < -0.3 is 10.5 Å². The third kappa shape index (κ3) is 3.51. The molecule has 0 aliphatic rings. The van der Waals surface area contributed by atoms with E-state index in [0.717, 1.165) is 28.6 Å². The molecule has 1 unspecified atom stereocenters. The minimum Gasteiger partial charge on any atom is -0.477 e. The van der Waals surface area contributed by atoms with Crippen LogP contribution >= 0.6 is 15.9 Å². The number of hydrogen-bond acceptors (Lipinski definition) is 3. The highest BCUT2D eigenvalue weighted by molar-refractivity contribution is 9.10. The lowest BCUT2D eigenvalue weighted by Gasteiger charge is -2.14. The summed E-state index contributed by atoms with van der Waals surface area (Å²) in [6.45, 7) is 2.11. The SMILES string of the molecule is CCC(N)Cc1cccc(Br)c1OCC#N. The molecule has 1 aromatic carbocycles. The van der Waals surface area contributed by atoms with Crippen molar-refractivity contribution in [3.8, 4) is 11.8 Å². The molecule has 0 aromatic heterocycles. The maximum atomic E-state index is 8.52. The number of nitrogens with zero attached hydrogens (tertiary/aromatic N) is 1. The zero-order chi connectivity index (χ0) is 12.0. The van der Waals surface area contributed by atoms with Crippen LogP contribution in [0, 0.1) is 11.3 Å². The summed E-state index contributed by atoms with van der Waals surface area (Å²) >= 11 is 3.41. The van der Waals surface area contributed by atoms with Crippen LogP contribution in [0.5, 0.6) is 5.75 Å². The molecule has 0 radical (unpaired) electrons. The lowest BCUT2D eigenvalue weighted by atomic mass is 10.0. The van der Waals surface area contributed by atoms with E-state index in [-0.39, 0.29) is 12.6 Å². The molecule has 4 heteroatoms. The van der Waals surface area contributed by atoms with Gasteiger partial charge in [-0.25, -0.2) is 0 Å². The monoisotopic (exact) mass is 282 g/mol. The molecule has 16 heavy (non-hydrogen) atoms. The minimum absolute atomic E-state index is 0.0526. The lowest BCUT2D eigenvalue weighted by molar-refractivity contribution is 0.360. The Morgan fingerprint density at radius 2 is 2.31 bits per heavy atom. The Kier molecular flexibility index (Phi) is 5.30. The van der Waals surface area contributed by atoms with Crippen LogP contribution in [0.3, 0.4) is 0 Å². The molecule has 0 fully saturated rings. The largest absolute Gasteiger partial charge is 0.477 e. The Labute approximate surface area is 104 Å². The van der Waals surface area contributed by atoms with Crippen LogP contribution in [0.25, 0.3) is 0 Å². The molecule has 1 atom stereocenters. The molecule has 0 heterocycles. The van der Waals surface area contributed by atoms with Crippen LogP contribution in [0.2, 0.25) is 0 Å². The molecule has 0 amide bonds. The average Bonchev–Trinajstić information content (AvgIpc) is 2.28. The van der Waals surface area contributed by atoms with Gasteiger partial charge in [0.05, 0.1) is 4.47 Å². The average molecular weight is 283 g/mol. The Bertz CT molecular complexity index is 387. The highest BCUT2D eigenvalue weighted by Gasteiger charge is 2.10. The molecular formula is C12H15BrN2O. The highest BCUT2D eigenvalue weighted by Crippen LogP contribution is 2.29. The fraction of sp³-hybridized carbons (Fsp3) is 0.417. The summed E-state index contributed by atoms with van der Waals surface area (Å²) in [5.74, 6) is 0.730. The molecule has 1 aromatic rings. The Hall–Kier alpha value is -1.05. The van der Waals surface area contributed by atoms with Gasteiger partial charge in [-0.15, -0.1) is 0 Å². The van der Waals surface area contributed by atoms with Crippen LogP contribution in [-0.4, -0.2) is 12.6 Å². The van der Waals surface area contributed by atoms with Gasteiger partial charge in [0.2, 0.25) is 0 Å². The van der Waals surface area contributed by atoms with Crippen molar-refractivity contribution < 1.29 is 4.74 Å². The number of hydrogen-bond donors (Lipinski definition) is 1. The van der Waals surface area contributed by atoms with Crippen LogP contribution < -0.4 is 10.5 Å². The van der Waals surface area contributed by atoms with Crippen molar-refractivity contribution in [3.63, 3.8) is 0 Å². The van der Waals surface area contributed by atoms with Crippen molar-refractivity contribution in [2.24, 2.45) is 5.73 Å². The zero-order valence-corrected chi connectivity index (χ0v) is 10.8. The molecule has 0 bridgehead atoms. The molecule has 86 valence electrons. The van der Waals surface area contributed by atoms with Crippen molar-refractivity contribution in [2.45, 2.75) is 25.8 Å². The molecule has 2 N–H and O–H groups in total. The van der Waals surface area contributed by atoms with Gasteiger partial charge >= 0.3 is 0 Å². The molecular weight excluding hydrogens is 268 g/mol. The first-order valence-electron chi connectivity index (χ1n) is 5.21. The van der Waals surface area contributed by atoms with Crippen LogP contribution in [-0.2, 0) is 6.42 Å². The predicted octanol–water partition coefficient (Wildman–Crippen LogP) is 2.63. The van der Waals surface area contributed by atoms with Crippen LogP contribution in [0.15, 0.2) is 22.7 Å². The topological polar surface area (TPSA) is 59.0 Å². The van der Waals surface area contributed by atoms with E-state index in [1.54, 1.807) is 0 Å². The fourth-order valence-electron chi connectivity index (χ4n) is 1.41. The van der Waals surface area contributed by atoms with Gasteiger partial charge in [0.1, 0.15) is 11.8 Å². The summed E-state index contributed by atoms with van der Waals surface area (Å²) in [5, 5.41) is 8.52. The molecule has 0 spiro atoms. The lowest BCUT2D eigenvalue weighted by Crippen LogP contribution is -2.21. The van der Waals surface area contributed by atoms with Crippen molar-refractivity contribution in [1.29, 1.82) is 5.26 Å². The second-order valence-electron chi connectivity index (χ2n) is 3.55. The van der Waals surface area contributed by atoms with Gasteiger partial charge in [-0.1, -0.05) is 19.1 Å². The zero-order valence-electron chi connectivity index (χ0n) is 9.24. The van der Waals surface area contributed by atoms with E-state index in [0.29, 0.717) is 0 Å². The van der Waals surface area contributed by atoms with Crippen LogP contribution in [0.4, 0.5) is 0 Å². The first-order valence-corrected chi connectivity index (χ1v) is 6.01. The maximum Gasteiger partial charge on any atom is 0.174 e. The molecule has 0 saturated heterocycles. The molecule has 3 nitrogen and oxygen atoms in total. The number of rotatable bonds is 5. The van der Waals surface area contributed by atoms with Crippen molar-refractivity contribution in [2.75, 3.05) is 6.61 Å². The summed E-state index contributed by atoms with van der Waals surface area (Å²) in [6, 6.07) is 7.91. The summed E-state index contributed by atoms with van der Waals surface area (Å²) in [7, 11) is 0. The second-order valence-corrected chi connectivity index (χ2v) is 4.40. The minimum atomic E-state index is 0.0526. The standard InChI is InChI=1S/C12H15BrN2O/c1-2-10(15)8-9-4-3-5-11(13)12(9)16-7-6-14/h3-5,10H,2,7-8,15H2,1H3. The summed E-state index contributed by atoms with van der Waals surface area (Å²) in [4.78, 5) is 0. The number of nitriles is 1. The third-order valence-electron chi connectivity index (χ3n) is 2.34. The summed E-state index contributed by atoms with van der Waals surface area (Å²) < 4.78 is 6.26. The van der Waals surface area contributed by atoms with E-state index >= 15 is 0 Å². The number of nitrogens with two attached hydrogens (primary N) is 1. The predicted molar refractivity (Wildman–Crippen MR) is 67.2 cm³/mol. The number of ether oxygens (including phenoxy) is 1. The smallest absolute Gasteiger partial charge is 0.174 e. The van der Waals surface area contributed by atoms with E-state index in [2.05, 4.69) is 22.9 Å². The summed E-state index contributed by atoms with van der Waals surface area (Å²) in [5.41, 5.74) is 6.96. The number of benzene rings is 1. The first-order chi connectivity index (χ1) is 7.69. The fourth-order valence-corrected chi connectivity index (χ4v) is 1.93. The number of para-hydroxylation sites is 1. The molecule has 1 rings (SSSR count). The normalized spacial score (nSPS) is 11.9. The Morgan fingerprint density at radius 1 is 1.56 bits per heavy atom. The van der Waals surface area contributed by atoms with Crippen LogP contribution in [0.1, 0.15) is 18.9 Å². The summed E-state index contributed by atoms with van der Waals surface area (Å²) in [6.07, 6.45) is 1.68. The van der Waals surface area contributed by atoms with Gasteiger partial charge in [0.25, 0.3) is 0 Å². The molecule has 0 saturated carbocycles. The van der Waals surface area contributed by atoms with Crippen molar-refractivity contribution >= 4 is 15.9 Å². The highest BCUT2D eigenvalue weighted by atomic mass is 79.9. The quantitative estimate of drug-likeness (QED) is 0.903. The van der Waals surface area contributed by atoms with Crippen molar-refractivity contribution in [3.05, 3.63) is 28.2 Å². The second kappa shape index (κ2) is 6.51. The molecule has 0 aliphatic carbocycles.